The van der Waals surface area contributed by atoms with E-state index >= 15 is 0 Å². The molecule has 0 atom stereocenters. The van der Waals surface area contributed by atoms with Gasteiger partial charge in [-0.3, -0.25) is 4.99 Å². The molecule has 0 aliphatic carbocycles. The molecule has 0 bridgehead atoms. The number of nitrogens with zero attached hydrogens (tertiary/aromatic N) is 2. The topological polar surface area (TPSA) is 63.3 Å². The van der Waals surface area contributed by atoms with Crippen molar-refractivity contribution in [1.82, 2.24) is 10.4 Å². The summed E-state index contributed by atoms with van der Waals surface area (Å²) >= 11 is 1.53. The first kappa shape index (κ1) is 9.15. The highest BCUT2D eigenvalue weighted by Gasteiger charge is 2.01. The van der Waals surface area contributed by atoms with Crippen LogP contribution in [-0.4, -0.2) is 17.4 Å². The molecule has 0 spiro atoms. The lowest BCUT2D eigenvalue weighted by Crippen LogP contribution is -2.31. The second-order valence-electron chi connectivity index (χ2n) is 2.25. The molecule has 1 heterocycles. The highest BCUT2D eigenvalue weighted by Crippen LogP contribution is 2.00. The average molecular weight is 184 g/mol. The first-order valence-electron chi connectivity index (χ1n) is 3.78. The van der Waals surface area contributed by atoms with Crippen LogP contribution in [0.4, 0.5) is 0 Å². The molecule has 1 aromatic rings. The lowest BCUT2D eigenvalue weighted by Gasteiger charge is -2.00. The Kier molecular flexibility index (Phi) is 3.69. The molecule has 0 aromatic carbocycles. The number of rotatable bonds is 3. The number of hydrogen-bond acceptors (Lipinski definition) is 4. The van der Waals surface area contributed by atoms with E-state index in [-0.39, 0.29) is 0 Å². The van der Waals surface area contributed by atoms with Crippen molar-refractivity contribution in [3.8, 4) is 0 Å². The smallest absolute Gasteiger partial charge is 0.162 e. The van der Waals surface area contributed by atoms with Crippen molar-refractivity contribution in [2.45, 2.75) is 13.3 Å². The van der Waals surface area contributed by atoms with Crippen molar-refractivity contribution in [2.75, 3.05) is 6.54 Å². The molecule has 0 saturated heterocycles. The van der Waals surface area contributed by atoms with Crippen LogP contribution >= 0.6 is 11.3 Å². The van der Waals surface area contributed by atoms with Gasteiger partial charge < -0.3 is 5.43 Å². The van der Waals surface area contributed by atoms with Crippen LogP contribution in [0.2, 0.25) is 0 Å². The summed E-state index contributed by atoms with van der Waals surface area (Å²) in [6, 6.07) is 0. The number of hydrogen-bond donors (Lipinski definition) is 2. The molecule has 1 rings (SSSR count). The molecule has 66 valence electrons. The fourth-order valence-corrected chi connectivity index (χ4v) is 1.29. The first-order chi connectivity index (χ1) is 5.88. The molecule has 3 N–H and O–H groups in total. The van der Waals surface area contributed by atoms with E-state index in [1.54, 1.807) is 5.51 Å². The summed E-state index contributed by atoms with van der Waals surface area (Å²) in [7, 11) is 0. The third-order valence-electron chi connectivity index (χ3n) is 1.31. The molecule has 1 aromatic heterocycles. The van der Waals surface area contributed by atoms with Gasteiger partial charge in [0.1, 0.15) is 5.69 Å². The van der Waals surface area contributed by atoms with Crippen LogP contribution in [0.5, 0.6) is 0 Å². The van der Waals surface area contributed by atoms with Crippen LogP contribution in [0.3, 0.4) is 0 Å². The Labute approximate surface area is 75.5 Å². The van der Waals surface area contributed by atoms with E-state index in [0.717, 1.165) is 18.7 Å². The Balaban J connectivity index is 2.69. The number of aromatic nitrogens is 1. The standard InChI is InChI=1S/C7H12N4S/c1-2-3-9-7(11-8)6-4-12-5-10-6/h4-5H,2-3,8H2,1H3,(H,9,11). The molecular weight excluding hydrogens is 172 g/mol. The van der Waals surface area contributed by atoms with Crippen LogP contribution < -0.4 is 11.3 Å². The molecule has 0 unspecified atom stereocenters. The molecule has 0 fully saturated rings. The molecule has 0 radical (unpaired) electrons. The molecule has 0 aliphatic heterocycles. The molecule has 0 aliphatic rings. The minimum absolute atomic E-state index is 0.665. The van der Waals surface area contributed by atoms with Gasteiger partial charge in [0.25, 0.3) is 0 Å². The summed E-state index contributed by atoms with van der Waals surface area (Å²) in [5.74, 6) is 5.95. The van der Waals surface area contributed by atoms with Gasteiger partial charge in [-0.2, -0.15) is 0 Å². The van der Waals surface area contributed by atoms with Crippen LogP contribution in [0.25, 0.3) is 0 Å². The number of hydrazine groups is 1. The highest BCUT2D eigenvalue weighted by atomic mass is 32.1. The van der Waals surface area contributed by atoms with Crippen LogP contribution in [0, 0.1) is 0 Å². The molecule has 12 heavy (non-hydrogen) atoms. The van der Waals surface area contributed by atoms with E-state index < -0.39 is 0 Å². The van der Waals surface area contributed by atoms with E-state index in [0.29, 0.717) is 5.84 Å². The van der Waals surface area contributed by atoms with Crippen molar-refractivity contribution in [3.63, 3.8) is 0 Å². The number of amidine groups is 1. The van der Waals surface area contributed by atoms with E-state index in [1.807, 2.05) is 5.38 Å². The van der Waals surface area contributed by atoms with Crippen LogP contribution in [0.15, 0.2) is 15.9 Å². The first-order valence-corrected chi connectivity index (χ1v) is 4.72. The van der Waals surface area contributed by atoms with Gasteiger partial charge in [-0.1, -0.05) is 6.92 Å². The van der Waals surface area contributed by atoms with Gasteiger partial charge in [0.05, 0.1) is 5.51 Å². The zero-order valence-electron chi connectivity index (χ0n) is 6.95. The largest absolute Gasteiger partial charge is 0.307 e. The molecule has 0 saturated carbocycles. The minimum atomic E-state index is 0.665. The third kappa shape index (κ3) is 2.28. The van der Waals surface area contributed by atoms with Gasteiger partial charge in [0.2, 0.25) is 0 Å². The Hall–Kier alpha value is -0.940. The quantitative estimate of drug-likeness (QED) is 0.315. The van der Waals surface area contributed by atoms with Crippen LogP contribution in [-0.2, 0) is 0 Å². The monoisotopic (exact) mass is 184 g/mol. The summed E-state index contributed by atoms with van der Waals surface area (Å²) < 4.78 is 0. The van der Waals surface area contributed by atoms with E-state index in [1.165, 1.54) is 11.3 Å². The number of nitrogens with one attached hydrogen (secondary N) is 1. The molecular formula is C7H12N4S. The normalized spacial score (nSPS) is 11.7. The maximum absolute atomic E-state index is 5.29. The fourth-order valence-electron chi connectivity index (χ4n) is 0.754. The summed E-state index contributed by atoms with van der Waals surface area (Å²) in [4.78, 5) is 8.31. The molecule has 5 heteroatoms. The number of thiazole rings is 1. The Bertz CT molecular complexity index is 242. The zero-order chi connectivity index (χ0) is 8.81. The lowest BCUT2D eigenvalue weighted by atomic mass is 10.4. The minimum Gasteiger partial charge on any atom is -0.307 e. The van der Waals surface area contributed by atoms with Crippen molar-refractivity contribution in [2.24, 2.45) is 10.8 Å². The van der Waals surface area contributed by atoms with E-state index in [9.17, 15) is 0 Å². The Morgan fingerprint density at radius 2 is 2.67 bits per heavy atom. The number of aliphatic imine (C=N–C) groups is 1. The SMILES string of the molecule is CCCN=C(NN)c1cscn1. The Morgan fingerprint density at radius 1 is 1.83 bits per heavy atom. The van der Waals surface area contributed by atoms with E-state index in [2.05, 4.69) is 22.3 Å². The Morgan fingerprint density at radius 3 is 3.17 bits per heavy atom. The number of nitrogens with two attached hydrogens (primary N) is 1. The van der Waals surface area contributed by atoms with Gasteiger partial charge in [0, 0.05) is 11.9 Å². The third-order valence-corrected chi connectivity index (χ3v) is 1.89. The summed E-state index contributed by atoms with van der Waals surface area (Å²) in [6.45, 7) is 2.84. The fraction of sp³-hybridized carbons (Fsp3) is 0.429. The van der Waals surface area contributed by atoms with Crippen molar-refractivity contribution >= 4 is 17.2 Å². The maximum Gasteiger partial charge on any atom is 0.162 e. The predicted molar refractivity (Wildman–Crippen MR) is 51.1 cm³/mol. The van der Waals surface area contributed by atoms with Crippen molar-refractivity contribution in [3.05, 3.63) is 16.6 Å². The molecule has 4 nitrogen and oxygen atoms in total. The van der Waals surface area contributed by atoms with Gasteiger partial charge in [0.15, 0.2) is 5.84 Å². The highest BCUT2D eigenvalue weighted by molar-refractivity contribution is 7.07. The molecule has 0 amide bonds. The summed E-state index contributed by atoms with van der Waals surface area (Å²) in [6.07, 6.45) is 1.01. The van der Waals surface area contributed by atoms with Gasteiger partial charge in [-0.15, -0.1) is 11.3 Å². The maximum atomic E-state index is 5.29. The second kappa shape index (κ2) is 4.84. The van der Waals surface area contributed by atoms with Crippen LogP contribution in [0.1, 0.15) is 19.0 Å². The zero-order valence-corrected chi connectivity index (χ0v) is 7.77. The lowest BCUT2D eigenvalue weighted by molar-refractivity contribution is 0.905. The van der Waals surface area contributed by atoms with Gasteiger partial charge in [-0.05, 0) is 6.42 Å². The average Bonchev–Trinajstić information content (AvgIpc) is 2.59. The van der Waals surface area contributed by atoms with Crippen molar-refractivity contribution in [1.29, 1.82) is 0 Å². The second-order valence-corrected chi connectivity index (χ2v) is 2.97. The summed E-state index contributed by atoms with van der Waals surface area (Å²) in [5.41, 5.74) is 5.11. The van der Waals surface area contributed by atoms with Gasteiger partial charge >= 0.3 is 0 Å². The van der Waals surface area contributed by atoms with Crippen molar-refractivity contribution < 1.29 is 0 Å². The predicted octanol–water partition coefficient (Wildman–Crippen LogP) is 0.763. The van der Waals surface area contributed by atoms with Gasteiger partial charge in [-0.25, -0.2) is 10.8 Å². The van der Waals surface area contributed by atoms with E-state index in [4.69, 9.17) is 5.84 Å². The summed E-state index contributed by atoms with van der Waals surface area (Å²) in [5, 5.41) is 1.91.